The molecule has 0 atom stereocenters. The molecule has 0 bridgehead atoms. The lowest BCUT2D eigenvalue weighted by molar-refractivity contribution is 0.415. The number of nitrogens with zero attached hydrogens (tertiary/aromatic N) is 1. The highest BCUT2D eigenvalue weighted by Gasteiger charge is 2.05. The summed E-state index contributed by atoms with van der Waals surface area (Å²) in [5.74, 6) is 0.891. The van der Waals surface area contributed by atoms with E-state index in [4.69, 9.17) is 4.74 Å². The Kier molecular flexibility index (Phi) is 2.36. The highest BCUT2D eigenvalue weighted by Crippen LogP contribution is 2.32. The van der Waals surface area contributed by atoms with Gasteiger partial charge in [0, 0.05) is 17.8 Å². The maximum atomic E-state index is 5.30. The summed E-state index contributed by atoms with van der Waals surface area (Å²) < 4.78 is 5.30. The van der Waals surface area contributed by atoms with Crippen LogP contribution in [-0.2, 0) is 0 Å². The predicted molar refractivity (Wildman–Crippen MR) is 83.3 cm³/mol. The number of fused-ring (bicyclic) bond motifs is 5. The fourth-order valence-electron chi connectivity index (χ4n) is 2.83. The topological polar surface area (TPSA) is 22.1 Å². The molecule has 0 aliphatic carbocycles. The Morgan fingerprint density at radius 1 is 0.750 bits per heavy atom. The molecule has 4 aromatic rings. The molecule has 0 spiro atoms. The van der Waals surface area contributed by atoms with Crippen LogP contribution in [0.5, 0.6) is 5.75 Å². The molecule has 96 valence electrons. The van der Waals surface area contributed by atoms with Crippen LogP contribution in [0.2, 0.25) is 0 Å². The first-order valence-electron chi connectivity index (χ1n) is 6.60. The van der Waals surface area contributed by atoms with Crippen LogP contribution in [0.25, 0.3) is 32.3 Å². The number of pyridine rings is 1. The van der Waals surface area contributed by atoms with Crippen molar-refractivity contribution in [3.8, 4) is 5.75 Å². The van der Waals surface area contributed by atoms with Gasteiger partial charge in [-0.05, 0) is 45.1 Å². The average Bonchev–Trinajstić information content (AvgIpc) is 2.53. The molecule has 0 aliphatic rings. The first-order valence-corrected chi connectivity index (χ1v) is 6.60. The summed E-state index contributed by atoms with van der Waals surface area (Å²) in [6.07, 6.45) is 3.76. The summed E-state index contributed by atoms with van der Waals surface area (Å²) in [4.78, 5) is 4.19. The van der Waals surface area contributed by atoms with E-state index in [0.29, 0.717) is 0 Å². The van der Waals surface area contributed by atoms with Crippen molar-refractivity contribution in [3.05, 3.63) is 60.9 Å². The number of rotatable bonds is 1. The summed E-state index contributed by atoms with van der Waals surface area (Å²) >= 11 is 0. The van der Waals surface area contributed by atoms with Crippen molar-refractivity contribution >= 4 is 32.3 Å². The van der Waals surface area contributed by atoms with Gasteiger partial charge in [0.05, 0.1) is 7.11 Å². The second kappa shape index (κ2) is 4.20. The number of methoxy groups -OCH3 is 1. The van der Waals surface area contributed by atoms with Gasteiger partial charge in [-0.15, -0.1) is 0 Å². The van der Waals surface area contributed by atoms with Crippen LogP contribution in [0.15, 0.2) is 60.9 Å². The van der Waals surface area contributed by atoms with Gasteiger partial charge >= 0.3 is 0 Å². The van der Waals surface area contributed by atoms with Gasteiger partial charge in [-0.25, -0.2) is 0 Å². The molecule has 0 amide bonds. The van der Waals surface area contributed by atoms with E-state index in [-0.39, 0.29) is 0 Å². The summed E-state index contributed by atoms with van der Waals surface area (Å²) in [7, 11) is 1.70. The van der Waals surface area contributed by atoms with E-state index in [1.807, 2.05) is 18.5 Å². The van der Waals surface area contributed by atoms with E-state index in [1.165, 1.54) is 32.3 Å². The Morgan fingerprint density at radius 2 is 1.45 bits per heavy atom. The lowest BCUT2D eigenvalue weighted by Gasteiger charge is -2.08. The van der Waals surface area contributed by atoms with Crippen molar-refractivity contribution in [3.63, 3.8) is 0 Å². The van der Waals surface area contributed by atoms with Gasteiger partial charge in [0.15, 0.2) is 0 Å². The van der Waals surface area contributed by atoms with Crippen molar-refractivity contribution in [2.75, 3.05) is 7.11 Å². The standard InChI is InChI=1S/C18H13NO/c1-20-14-4-7-15-12(10-14)2-5-18-16-8-9-19-11-13(16)3-6-17(15)18/h2-11H,1H3. The number of aromatic nitrogens is 1. The first kappa shape index (κ1) is 11.2. The summed E-state index contributed by atoms with van der Waals surface area (Å²) in [6, 6.07) is 16.9. The molecular weight excluding hydrogens is 246 g/mol. The van der Waals surface area contributed by atoms with Crippen LogP contribution in [0, 0.1) is 0 Å². The maximum absolute atomic E-state index is 5.30. The highest BCUT2D eigenvalue weighted by molar-refractivity contribution is 6.17. The number of benzene rings is 3. The van der Waals surface area contributed by atoms with Gasteiger partial charge in [-0.2, -0.15) is 0 Å². The van der Waals surface area contributed by atoms with Crippen molar-refractivity contribution in [2.45, 2.75) is 0 Å². The van der Waals surface area contributed by atoms with E-state index >= 15 is 0 Å². The zero-order valence-electron chi connectivity index (χ0n) is 11.1. The molecule has 20 heavy (non-hydrogen) atoms. The molecule has 4 rings (SSSR count). The van der Waals surface area contributed by atoms with Crippen LogP contribution in [0.3, 0.4) is 0 Å². The molecular formula is C18H13NO. The molecule has 0 fully saturated rings. The molecule has 1 aromatic heterocycles. The van der Waals surface area contributed by atoms with Gasteiger partial charge in [0.1, 0.15) is 5.75 Å². The zero-order valence-corrected chi connectivity index (χ0v) is 11.1. The Balaban J connectivity index is 2.17. The summed E-state index contributed by atoms with van der Waals surface area (Å²) in [6.45, 7) is 0. The Bertz CT molecular complexity index is 944. The minimum absolute atomic E-state index is 0.891. The minimum atomic E-state index is 0.891. The highest BCUT2D eigenvalue weighted by atomic mass is 16.5. The second-order valence-corrected chi connectivity index (χ2v) is 4.91. The molecule has 0 aliphatic heterocycles. The van der Waals surface area contributed by atoms with Crippen molar-refractivity contribution in [1.29, 1.82) is 0 Å². The van der Waals surface area contributed by atoms with Crippen LogP contribution in [0.1, 0.15) is 0 Å². The monoisotopic (exact) mass is 259 g/mol. The molecule has 0 radical (unpaired) electrons. The van der Waals surface area contributed by atoms with Gasteiger partial charge in [-0.1, -0.05) is 30.3 Å². The normalized spacial score (nSPS) is 11.2. The van der Waals surface area contributed by atoms with Gasteiger partial charge in [-0.3, -0.25) is 4.98 Å². The van der Waals surface area contributed by atoms with Crippen LogP contribution < -0.4 is 4.74 Å². The number of hydrogen-bond donors (Lipinski definition) is 0. The third-order valence-electron chi connectivity index (χ3n) is 3.84. The molecule has 0 N–H and O–H groups in total. The fourth-order valence-corrected chi connectivity index (χ4v) is 2.83. The smallest absolute Gasteiger partial charge is 0.119 e. The summed E-state index contributed by atoms with van der Waals surface area (Å²) in [5.41, 5.74) is 0. The fraction of sp³-hybridized carbons (Fsp3) is 0.0556. The van der Waals surface area contributed by atoms with E-state index < -0.39 is 0 Å². The number of hydrogen-bond acceptors (Lipinski definition) is 2. The maximum Gasteiger partial charge on any atom is 0.119 e. The van der Waals surface area contributed by atoms with Crippen molar-refractivity contribution < 1.29 is 4.74 Å². The first-order chi connectivity index (χ1) is 9.86. The third kappa shape index (κ3) is 1.55. The molecule has 0 saturated heterocycles. The second-order valence-electron chi connectivity index (χ2n) is 4.91. The Morgan fingerprint density at radius 3 is 2.25 bits per heavy atom. The van der Waals surface area contributed by atoms with Gasteiger partial charge in [0.25, 0.3) is 0 Å². The lowest BCUT2D eigenvalue weighted by Crippen LogP contribution is -1.84. The van der Waals surface area contributed by atoms with E-state index in [0.717, 1.165) is 5.75 Å². The van der Waals surface area contributed by atoms with E-state index in [2.05, 4.69) is 47.4 Å². The predicted octanol–water partition coefficient (Wildman–Crippen LogP) is 4.55. The van der Waals surface area contributed by atoms with Gasteiger partial charge in [0.2, 0.25) is 0 Å². The van der Waals surface area contributed by atoms with Crippen LogP contribution in [-0.4, -0.2) is 12.1 Å². The molecule has 0 unspecified atom stereocenters. The van der Waals surface area contributed by atoms with E-state index in [1.54, 1.807) is 7.11 Å². The molecule has 2 heteroatoms. The SMILES string of the molecule is COc1ccc2c(ccc3c4ccncc4ccc23)c1. The quantitative estimate of drug-likeness (QED) is 0.468. The average molecular weight is 259 g/mol. The molecule has 2 nitrogen and oxygen atoms in total. The van der Waals surface area contributed by atoms with Gasteiger partial charge < -0.3 is 4.74 Å². The largest absolute Gasteiger partial charge is 0.497 e. The molecule has 1 heterocycles. The molecule has 3 aromatic carbocycles. The number of ether oxygens (including phenoxy) is 1. The third-order valence-corrected chi connectivity index (χ3v) is 3.84. The Hall–Kier alpha value is -2.61. The Labute approximate surface area is 116 Å². The lowest BCUT2D eigenvalue weighted by atomic mass is 9.98. The van der Waals surface area contributed by atoms with Crippen LogP contribution >= 0.6 is 0 Å². The minimum Gasteiger partial charge on any atom is -0.497 e. The van der Waals surface area contributed by atoms with Crippen molar-refractivity contribution in [1.82, 2.24) is 4.98 Å². The van der Waals surface area contributed by atoms with Crippen molar-refractivity contribution in [2.24, 2.45) is 0 Å². The molecule has 0 saturated carbocycles. The van der Waals surface area contributed by atoms with Crippen LogP contribution in [0.4, 0.5) is 0 Å². The zero-order chi connectivity index (χ0) is 13.5. The van der Waals surface area contributed by atoms with E-state index in [9.17, 15) is 0 Å². The summed E-state index contributed by atoms with van der Waals surface area (Å²) in [5, 5.41) is 7.40.